The third-order valence-corrected chi connectivity index (χ3v) is 6.27. The summed E-state index contributed by atoms with van der Waals surface area (Å²) in [6, 6.07) is 13.5. The highest BCUT2D eigenvalue weighted by Gasteiger charge is 2.14. The molecule has 0 radical (unpaired) electrons. The number of hydrogen-bond donors (Lipinski definition) is 2. The molecule has 0 atom stereocenters. The Balaban J connectivity index is 1.90. The predicted molar refractivity (Wildman–Crippen MR) is 149 cm³/mol. The third-order valence-electron chi connectivity index (χ3n) is 5.72. The standard InChI is InChI=1S/C28H39ClN2O2S/c1-2-31(18-9-6-4-3-5-7-11-20-34)26-22-24(28(30)32)16-17-27(26)33-19-10-8-13-23-14-12-15-25(29)21-23/h3,5,12,14-17,21-22,34H,2,4,6-11,13,18-20H2,1H3,(H2,30,32)/b5-3+. The number of halogens is 1. The van der Waals surface area contributed by atoms with Crippen LogP contribution in [-0.4, -0.2) is 31.4 Å². The van der Waals surface area contributed by atoms with E-state index < -0.39 is 5.91 Å². The number of carbonyl (C=O) groups is 1. The van der Waals surface area contributed by atoms with Crippen LogP contribution in [0.5, 0.6) is 5.75 Å². The quantitative estimate of drug-likeness (QED) is 0.138. The molecule has 2 rings (SSSR count). The molecular formula is C28H39ClN2O2S. The van der Waals surface area contributed by atoms with Gasteiger partial charge in [0.05, 0.1) is 12.3 Å². The van der Waals surface area contributed by atoms with Crippen molar-refractivity contribution < 1.29 is 9.53 Å². The first-order valence-electron chi connectivity index (χ1n) is 12.4. The molecule has 2 aromatic rings. The Morgan fingerprint density at radius 3 is 2.56 bits per heavy atom. The van der Waals surface area contributed by atoms with E-state index in [1.54, 1.807) is 6.07 Å². The maximum atomic E-state index is 11.8. The normalized spacial score (nSPS) is 11.1. The molecule has 186 valence electrons. The van der Waals surface area contributed by atoms with E-state index in [4.69, 9.17) is 22.1 Å². The van der Waals surface area contributed by atoms with Gasteiger partial charge in [-0.3, -0.25) is 4.79 Å². The Kier molecular flexibility index (Phi) is 13.7. The summed E-state index contributed by atoms with van der Waals surface area (Å²) in [6.07, 6.45) is 13.0. The Morgan fingerprint density at radius 1 is 1.06 bits per heavy atom. The Morgan fingerprint density at radius 2 is 1.85 bits per heavy atom. The number of benzene rings is 2. The Hall–Kier alpha value is -2.11. The molecule has 0 aromatic heterocycles. The zero-order chi connectivity index (χ0) is 24.6. The number of thiol groups is 1. The highest BCUT2D eigenvalue weighted by molar-refractivity contribution is 7.80. The lowest BCUT2D eigenvalue weighted by Gasteiger charge is -2.26. The maximum Gasteiger partial charge on any atom is 0.248 e. The van der Waals surface area contributed by atoms with Crippen LogP contribution < -0.4 is 15.4 Å². The van der Waals surface area contributed by atoms with Gasteiger partial charge in [-0.15, -0.1) is 0 Å². The first-order chi connectivity index (χ1) is 16.5. The lowest BCUT2D eigenvalue weighted by Crippen LogP contribution is -2.25. The SMILES string of the molecule is CCN(CCCC/C=C/CCCS)c1cc(C(N)=O)ccc1OCCCCc1cccc(Cl)c1. The van der Waals surface area contributed by atoms with E-state index in [2.05, 4.69) is 42.7 Å². The van der Waals surface area contributed by atoms with Crippen molar-refractivity contribution in [1.82, 2.24) is 0 Å². The highest BCUT2D eigenvalue weighted by Crippen LogP contribution is 2.30. The molecule has 0 heterocycles. The first-order valence-corrected chi connectivity index (χ1v) is 13.4. The number of amides is 1. The summed E-state index contributed by atoms with van der Waals surface area (Å²) in [5.74, 6) is 1.32. The third kappa shape index (κ3) is 10.4. The summed E-state index contributed by atoms with van der Waals surface area (Å²) in [7, 11) is 0. The number of allylic oxidation sites excluding steroid dienone is 2. The van der Waals surface area contributed by atoms with Crippen LogP contribution in [0.15, 0.2) is 54.6 Å². The van der Waals surface area contributed by atoms with Gasteiger partial charge in [0.25, 0.3) is 0 Å². The van der Waals surface area contributed by atoms with Crippen molar-refractivity contribution >= 4 is 35.8 Å². The summed E-state index contributed by atoms with van der Waals surface area (Å²) >= 11 is 10.3. The number of nitrogens with zero attached hydrogens (tertiary/aromatic N) is 1. The van der Waals surface area contributed by atoms with Crippen molar-refractivity contribution in [2.75, 3.05) is 30.3 Å². The van der Waals surface area contributed by atoms with E-state index in [1.807, 2.05) is 30.3 Å². The molecule has 2 N–H and O–H groups in total. The summed E-state index contributed by atoms with van der Waals surface area (Å²) in [4.78, 5) is 14.1. The van der Waals surface area contributed by atoms with Crippen LogP contribution >= 0.6 is 24.2 Å². The predicted octanol–water partition coefficient (Wildman–Crippen LogP) is 7.10. The van der Waals surface area contributed by atoms with E-state index >= 15 is 0 Å². The van der Waals surface area contributed by atoms with E-state index in [0.717, 1.165) is 86.7 Å². The van der Waals surface area contributed by atoms with Gasteiger partial charge in [0.2, 0.25) is 5.91 Å². The fraction of sp³-hybridized carbons (Fsp3) is 0.464. The topological polar surface area (TPSA) is 55.6 Å². The van der Waals surface area contributed by atoms with Crippen molar-refractivity contribution in [2.24, 2.45) is 5.73 Å². The monoisotopic (exact) mass is 502 g/mol. The average Bonchev–Trinajstić information content (AvgIpc) is 2.83. The molecule has 1 amide bonds. The lowest BCUT2D eigenvalue weighted by molar-refractivity contribution is 0.100. The number of carbonyl (C=O) groups excluding carboxylic acids is 1. The molecule has 0 aliphatic heterocycles. The molecule has 0 unspecified atom stereocenters. The number of ether oxygens (including phenoxy) is 1. The molecule has 0 saturated heterocycles. The van der Waals surface area contributed by atoms with Crippen LogP contribution in [0.3, 0.4) is 0 Å². The molecule has 0 spiro atoms. The summed E-state index contributed by atoms with van der Waals surface area (Å²) in [6.45, 7) is 4.50. The van der Waals surface area contributed by atoms with Gasteiger partial charge in [-0.1, -0.05) is 35.9 Å². The number of aryl methyl sites for hydroxylation is 1. The number of nitrogens with two attached hydrogens (primary N) is 1. The molecule has 0 bridgehead atoms. The average molecular weight is 503 g/mol. The van der Waals surface area contributed by atoms with Gasteiger partial charge >= 0.3 is 0 Å². The lowest BCUT2D eigenvalue weighted by atomic mass is 10.1. The first kappa shape index (κ1) is 28.1. The van der Waals surface area contributed by atoms with Crippen LogP contribution in [0.1, 0.15) is 67.8 Å². The van der Waals surface area contributed by atoms with Gasteiger partial charge in [-0.2, -0.15) is 12.6 Å². The van der Waals surface area contributed by atoms with E-state index in [9.17, 15) is 4.79 Å². The van der Waals surface area contributed by atoms with Crippen LogP contribution in [0.4, 0.5) is 5.69 Å². The minimum Gasteiger partial charge on any atom is -0.491 e. The molecule has 2 aromatic carbocycles. The van der Waals surface area contributed by atoms with Crippen LogP contribution in [0.2, 0.25) is 5.02 Å². The summed E-state index contributed by atoms with van der Waals surface area (Å²) < 4.78 is 6.16. The van der Waals surface area contributed by atoms with E-state index in [1.165, 1.54) is 5.56 Å². The van der Waals surface area contributed by atoms with Crippen LogP contribution in [0.25, 0.3) is 0 Å². The van der Waals surface area contributed by atoms with Gasteiger partial charge in [-0.05, 0) is 99.9 Å². The molecule has 4 nitrogen and oxygen atoms in total. The van der Waals surface area contributed by atoms with Gasteiger partial charge in [0, 0.05) is 23.7 Å². The smallest absolute Gasteiger partial charge is 0.248 e. The van der Waals surface area contributed by atoms with Crippen LogP contribution in [0, 0.1) is 0 Å². The second kappa shape index (κ2) is 16.5. The molecule has 34 heavy (non-hydrogen) atoms. The van der Waals surface area contributed by atoms with Crippen molar-refractivity contribution in [3.63, 3.8) is 0 Å². The zero-order valence-corrected chi connectivity index (χ0v) is 22.0. The number of primary amides is 1. The number of anilines is 1. The number of unbranched alkanes of at least 4 members (excludes halogenated alkanes) is 4. The zero-order valence-electron chi connectivity index (χ0n) is 20.3. The van der Waals surface area contributed by atoms with Crippen molar-refractivity contribution in [3.05, 3.63) is 70.8 Å². The van der Waals surface area contributed by atoms with Gasteiger partial charge in [0.15, 0.2) is 0 Å². The van der Waals surface area contributed by atoms with Gasteiger partial charge in [0.1, 0.15) is 5.75 Å². The highest BCUT2D eigenvalue weighted by atomic mass is 35.5. The Labute approximate surface area is 215 Å². The molecule has 0 saturated carbocycles. The van der Waals surface area contributed by atoms with Crippen molar-refractivity contribution in [3.8, 4) is 5.75 Å². The molecule has 0 aliphatic carbocycles. The van der Waals surface area contributed by atoms with Crippen molar-refractivity contribution in [2.45, 2.75) is 58.3 Å². The molecule has 0 aliphatic rings. The van der Waals surface area contributed by atoms with E-state index in [-0.39, 0.29) is 0 Å². The molecule has 0 fully saturated rings. The fourth-order valence-corrected chi connectivity index (χ4v) is 4.20. The molecular weight excluding hydrogens is 464 g/mol. The Bertz CT molecular complexity index is 904. The largest absolute Gasteiger partial charge is 0.491 e. The maximum absolute atomic E-state index is 11.8. The second-order valence-corrected chi connectivity index (χ2v) is 9.28. The van der Waals surface area contributed by atoms with E-state index in [0.29, 0.717) is 12.2 Å². The molecule has 6 heteroatoms. The van der Waals surface area contributed by atoms with Crippen molar-refractivity contribution in [1.29, 1.82) is 0 Å². The van der Waals surface area contributed by atoms with Crippen LogP contribution in [-0.2, 0) is 6.42 Å². The summed E-state index contributed by atoms with van der Waals surface area (Å²) in [5.41, 5.74) is 8.24. The fourth-order valence-electron chi connectivity index (χ4n) is 3.80. The number of hydrogen-bond acceptors (Lipinski definition) is 4. The number of rotatable bonds is 17. The summed E-state index contributed by atoms with van der Waals surface area (Å²) in [5, 5.41) is 0.775. The second-order valence-electron chi connectivity index (χ2n) is 8.39. The van der Waals surface area contributed by atoms with Gasteiger partial charge in [-0.25, -0.2) is 0 Å². The van der Waals surface area contributed by atoms with Gasteiger partial charge < -0.3 is 15.4 Å². The minimum absolute atomic E-state index is 0.420. The minimum atomic E-state index is -0.420.